The van der Waals surface area contributed by atoms with E-state index in [-0.39, 0.29) is 11.6 Å². The second-order valence-corrected chi connectivity index (χ2v) is 7.22. The topological polar surface area (TPSA) is 73.7 Å². The number of pyridine rings is 1. The van der Waals surface area contributed by atoms with Crippen LogP contribution in [0.2, 0.25) is 5.02 Å². The lowest BCUT2D eigenvalue weighted by Gasteiger charge is -2.41. The number of alkyl halides is 3. The van der Waals surface area contributed by atoms with Gasteiger partial charge < -0.3 is 10.0 Å². The number of halogens is 5. The number of amides is 2. The fourth-order valence-corrected chi connectivity index (χ4v) is 3.33. The molecule has 1 aromatic heterocycles. The first-order chi connectivity index (χ1) is 14.0. The van der Waals surface area contributed by atoms with E-state index >= 15 is 0 Å². The van der Waals surface area contributed by atoms with E-state index in [1.54, 1.807) is 0 Å². The summed E-state index contributed by atoms with van der Waals surface area (Å²) in [5.74, 6) is -2.72. The summed E-state index contributed by atoms with van der Waals surface area (Å²) in [7, 11) is 0. The molecule has 1 N–H and O–H groups in total. The number of nitrogens with zero attached hydrogens (tertiary/aromatic N) is 3. The normalized spacial score (nSPS) is 18.7. The van der Waals surface area contributed by atoms with Crippen molar-refractivity contribution in [3.8, 4) is 0 Å². The molecule has 2 aromatic rings. The quantitative estimate of drug-likeness (QED) is 0.734. The van der Waals surface area contributed by atoms with Gasteiger partial charge >= 0.3 is 6.18 Å². The van der Waals surface area contributed by atoms with Crippen molar-refractivity contribution in [2.45, 2.75) is 31.8 Å². The zero-order chi connectivity index (χ0) is 22.2. The zero-order valence-electron chi connectivity index (χ0n) is 15.5. The lowest BCUT2D eigenvalue weighted by molar-refractivity contribution is -0.148. The average molecular weight is 446 g/mol. The second-order valence-electron chi connectivity index (χ2n) is 6.79. The predicted octanol–water partition coefficient (Wildman–Crippen LogP) is 3.02. The molecule has 1 aromatic carbocycles. The highest BCUT2D eigenvalue weighted by Crippen LogP contribution is 2.30. The first kappa shape index (κ1) is 22.0. The van der Waals surface area contributed by atoms with E-state index in [1.165, 1.54) is 19.1 Å². The number of rotatable bonds is 4. The number of benzene rings is 1. The molecule has 0 spiro atoms. The highest BCUT2D eigenvalue weighted by atomic mass is 35.5. The summed E-state index contributed by atoms with van der Waals surface area (Å²) >= 11 is 5.66. The van der Waals surface area contributed by atoms with Gasteiger partial charge in [0.05, 0.1) is 16.7 Å². The Kier molecular flexibility index (Phi) is 6.00. The number of carbonyl (C=O) groups is 2. The van der Waals surface area contributed by atoms with Gasteiger partial charge in [-0.15, -0.1) is 0 Å². The maximum absolute atomic E-state index is 14.2. The van der Waals surface area contributed by atoms with Crippen LogP contribution >= 0.6 is 11.6 Å². The first-order valence-corrected chi connectivity index (χ1v) is 9.13. The third kappa shape index (κ3) is 4.39. The molecule has 11 heteroatoms. The molecule has 0 saturated carbocycles. The fraction of sp³-hybridized carbons (Fsp3) is 0.316. The zero-order valence-corrected chi connectivity index (χ0v) is 16.3. The highest BCUT2D eigenvalue weighted by Gasteiger charge is 2.43. The molecule has 2 atom stereocenters. The number of carbonyl (C=O) groups excluding carboxylic acids is 2. The van der Waals surface area contributed by atoms with Gasteiger partial charge in [-0.1, -0.05) is 23.7 Å². The highest BCUT2D eigenvalue weighted by molar-refractivity contribution is 6.30. The third-order valence-electron chi connectivity index (χ3n) is 4.60. The van der Waals surface area contributed by atoms with E-state index in [0.717, 1.165) is 34.2 Å². The van der Waals surface area contributed by atoms with Gasteiger partial charge in [0, 0.05) is 12.7 Å². The van der Waals surface area contributed by atoms with Crippen molar-refractivity contribution in [2.75, 3.05) is 11.4 Å². The van der Waals surface area contributed by atoms with Gasteiger partial charge in [0.2, 0.25) is 5.91 Å². The number of piperazine rings is 1. The van der Waals surface area contributed by atoms with E-state index in [0.29, 0.717) is 5.56 Å². The summed E-state index contributed by atoms with van der Waals surface area (Å²) in [6.45, 7) is 0.529. The monoisotopic (exact) mass is 445 g/mol. The maximum atomic E-state index is 14.2. The summed E-state index contributed by atoms with van der Waals surface area (Å²) in [6.07, 6.45) is -4.72. The van der Waals surface area contributed by atoms with Crippen LogP contribution in [0.1, 0.15) is 18.1 Å². The summed E-state index contributed by atoms with van der Waals surface area (Å²) < 4.78 is 52.4. The van der Waals surface area contributed by atoms with Gasteiger partial charge in [0.15, 0.2) is 11.6 Å². The molecule has 1 aliphatic heterocycles. The van der Waals surface area contributed by atoms with E-state index < -0.39 is 53.9 Å². The summed E-state index contributed by atoms with van der Waals surface area (Å²) in [5, 5.41) is 10.1. The van der Waals surface area contributed by atoms with Crippen molar-refractivity contribution in [2.24, 2.45) is 0 Å². The van der Waals surface area contributed by atoms with Crippen molar-refractivity contribution < 1.29 is 32.3 Å². The van der Waals surface area contributed by atoms with E-state index in [9.17, 15) is 32.3 Å². The van der Waals surface area contributed by atoms with Crippen LogP contribution in [0.15, 0.2) is 36.5 Å². The predicted molar refractivity (Wildman–Crippen MR) is 99.0 cm³/mol. The number of hydrogen-bond acceptors (Lipinski definition) is 4. The smallest absolute Gasteiger partial charge is 0.391 e. The van der Waals surface area contributed by atoms with Crippen molar-refractivity contribution in [1.29, 1.82) is 0 Å². The molecule has 0 aliphatic carbocycles. The van der Waals surface area contributed by atoms with E-state index in [4.69, 9.17) is 11.6 Å². The van der Waals surface area contributed by atoms with Gasteiger partial charge in [-0.25, -0.2) is 9.37 Å². The lowest BCUT2D eigenvalue weighted by Crippen LogP contribution is -2.63. The minimum atomic E-state index is -4.51. The van der Waals surface area contributed by atoms with Crippen molar-refractivity contribution in [1.82, 2.24) is 9.88 Å². The Morgan fingerprint density at radius 1 is 1.27 bits per heavy atom. The lowest BCUT2D eigenvalue weighted by atomic mass is 10.0. The van der Waals surface area contributed by atoms with Gasteiger partial charge in [-0.2, -0.15) is 13.2 Å². The van der Waals surface area contributed by atoms with Crippen LogP contribution < -0.4 is 4.90 Å². The molecule has 3 rings (SSSR count). The SMILES string of the molecule is C[C@@H](O)C1C(=O)N(c2ncc(Cl)cc2F)CC(=O)N1Cc1ccc(C(F)(F)F)cc1. The number of hydrogen-bond donors (Lipinski definition) is 1. The van der Waals surface area contributed by atoms with E-state index in [2.05, 4.69) is 4.98 Å². The van der Waals surface area contributed by atoms with Crippen LogP contribution in [0.3, 0.4) is 0 Å². The number of anilines is 1. The van der Waals surface area contributed by atoms with Crippen molar-refractivity contribution in [3.63, 3.8) is 0 Å². The van der Waals surface area contributed by atoms with Gasteiger partial charge in [0.1, 0.15) is 12.6 Å². The molecular weight excluding hydrogens is 430 g/mol. The molecule has 1 saturated heterocycles. The number of aliphatic hydroxyl groups is 1. The Bertz CT molecular complexity index is 966. The van der Waals surface area contributed by atoms with Crippen LogP contribution in [-0.2, 0) is 22.3 Å². The van der Waals surface area contributed by atoms with Crippen LogP contribution in [0.5, 0.6) is 0 Å². The van der Waals surface area contributed by atoms with Gasteiger partial charge in [-0.3, -0.25) is 14.5 Å². The summed E-state index contributed by atoms with van der Waals surface area (Å²) in [5.41, 5.74) is -0.520. The molecule has 1 aliphatic rings. The molecule has 0 radical (unpaired) electrons. The molecule has 1 unspecified atom stereocenters. The molecule has 2 amide bonds. The average Bonchev–Trinajstić information content (AvgIpc) is 2.64. The first-order valence-electron chi connectivity index (χ1n) is 8.75. The van der Waals surface area contributed by atoms with Crippen LogP contribution in [0.25, 0.3) is 0 Å². The molecule has 160 valence electrons. The van der Waals surface area contributed by atoms with Crippen LogP contribution in [0, 0.1) is 5.82 Å². The maximum Gasteiger partial charge on any atom is 0.416 e. The third-order valence-corrected chi connectivity index (χ3v) is 4.81. The Morgan fingerprint density at radius 2 is 1.90 bits per heavy atom. The molecule has 0 bridgehead atoms. The molecule has 6 nitrogen and oxygen atoms in total. The Hall–Kier alpha value is -2.72. The number of aromatic nitrogens is 1. The van der Waals surface area contributed by atoms with Crippen LogP contribution in [-0.4, -0.2) is 45.5 Å². The summed E-state index contributed by atoms with van der Waals surface area (Å²) in [6, 6.07) is 3.67. The minimum absolute atomic E-state index is 0.00282. The molecule has 1 fully saturated rings. The molecular formula is C19H16ClF4N3O3. The Morgan fingerprint density at radius 3 is 2.43 bits per heavy atom. The van der Waals surface area contributed by atoms with Gasteiger partial charge in [-0.05, 0) is 30.7 Å². The van der Waals surface area contributed by atoms with Crippen LogP contribution in [0.4, 0.5) is 23.4 Å². The number of aliphatic hydroxyl groups excluding tert-OH is 1. The minimum Gasteiger partial charge on any atom is -0.391 e. The molecule has 30 heavy (non-hydrogen) atoms. The standard InChI is InChI=1S/C19H16ClF4N3O3/c1-10(28)16-18(30)27(17-14(21)6-13(20)7-25-17)9-15(29)26(16)8-11-2-4-12(5-3-11)19(22,23)24/h2-7,10,16,28H,8-9H2,1H3/t10-,16?/m1/s1. The Labute approximate surface area is 173 Å². The van der Waals surface area contributed by atoms with Gasteiger partial charge in [0.25, 0.3) is 5.91 Å². The fourth-order valence-electron chi connectivity index (χ4n) is 3.19. The van der Waals surface area contributed by atoms with Crippen molar-refractivity contribution in [3.05, 3.63) is 58.5 Å². The molecule has 2 heterocycles. The second kappa shape index (κ2) is 8.19. The Balaban J connectivity index is 1.88. The largest absolute Gasteiger partial charge is 0.416 e. The van der Waals surface area contributed by atoms with E-state index in [1.807, 2.05) is 0 Å². The summed E-state index contributed by atoms with van der Waals surface area (Å²) in [4.78, 5) is 31.3. The van der Waals surface area contributed by atoms with Crippen molar-refractivity contribution >= 4 is 29.2 Å².